The molecule has 0 bridgehead atoms. The summed E-state index contributed by atoms with van der Waals surface area (Å²) in [6, 6.07) is 7.21. The van der Waals surface area contributed by atoms with Crippen molar-refractivity contribution >= 4 is 33.7 Å². The Morgan fingerprint density at radius 1 is 1.26 bits per heavy atom. The van der Waals surface area contributed by atoms with Gasteiger partial charge in [-0.1, -0.05) is 35.7 Å². The molecule has 0 unspecified atom stereocenters. The quantitative estimate of drug-likeness (QED) is 0.529. The third kappa shape index (κ3) is 5.07. The van der Waals surface area contributed by atoms with Gasteiger partial charge in [0.15, 0.2) is 5.69 Å². The first kappa shape index (κ1) is 25.2. The maximum Gasteiger partial charge on any atom is 0.273 e. The summed E-state index contributed by atoms with van der Waals surface area (Å²) < 4.78 is 7.74. The van der Waals surface area contributed by atoms with Crippen LogP contribution in [0.3, 0.4) is 0 Å². The fourth-order valence-corrected chi connectivity index (χ4v) is 5.30. The van der Waals surface area contributed by atoms with Crippen LogP contribution in [0.2, 0.25) is 0 Å². The van der Waals surface area contributed by atoms with Crippen molar-refractivity contribution in [1.82, 2.24) is 25.3 Å². The number of benzene rings is 1. The number of carbonyl (C=O) groups excluding carboxylic acids is 3. The maximum absolute atomic E-state index is 13.4. The summed E-state index contributed by atoms with van der Waals surface area (Å²) >= 11 is 3.43. The van der Waals surface area contributed by atoms with E-state index in [9.17, 15) is 14.4 Å². The van der Waals surface area contributed by atoms with Gasteiger partial charge >= 0.3 is 0 Å². The van der Waals surface area contributed by atoms with Crippen molar-refractivity contribution in [3.8, 4) is 5.75 Å². The van der Waals surface area contributed by atoms with E-state index in [1.165, 1.54) is 10.7 Å². The number of fused-ring (bicyclic) bond motifs is 1. The largest absolute Gasteiger partial charge is 0.496 e. The molecule has 1 aliphatic heterocycles. The van der Waals surface area contributed by atoms with Crippen molar-refractivity contribution in [2.45, 2.75) is 70.6 Å². The topological polar surface area (TPSA) is 106 Å². The zero-order chi connectivity index (χ0) is 25.2. The standard InChI is InChI=1S/C25H32BrN5O4/c1-4-11-30-23(33)20-13-19(22(32)27-14-16-12-17(26)9-10-21(16)35-3)29-31(20)15-25(30,2)24(34)28-18-7-5-6-8-18/h9-10,12-13,18H,4-8,11,14-15H2,1-3H3,(H,27,32)(H,28,34)/t25-/m0/s1. The van der Waals surface area contributed by atoms with E-state index in [0.29, 0.717) is 24.4 Å². The van der Waals surface area contributed by atoms with Crippen LogP contribution >= 0.6 is 15.9 Å². The lowest BCUT2D eigenvalue weighted by Crippen LogP contribution is -2.65. The molecule has 1 atom stereocenters. The molecular weight excluding hydrogens is 514 g/mol. The fraction of sp³-hybridized carbons (Fsp3) is 0.520. The number of aromatic nitrogens is 2. The normalized spacial score (nSPS) is 20.0. The Morgan fingerprint density at radius 2 is 2.00 bits per heavy atom. The molecule has 2 heterocycles. The summed E-state index contributed by atoms with van der Waals surface area (Å²) in [5.74, 6) is -0.199. The lowest BCUT2D eigenvalue weighted by Gasteiger charge is -2.43. The molecule has 3 amide bonds. The number of methoxy groups -OCH3 is 1. The van der Waals surface area contributed by atoms with E-state index in [1.807, 2.05) is 25.1 Å². The molecule has 1 aliphatic carbocycles. The average Bonchev–Trinajstić information content (AvgIpc) is 3.50. The van der Waals surface area contributed by atoms with Crippen molar-refractivity contribution < 1.29 is 19.1 Å². The lowest BCUT2D eigenvalue weighted by atomic mass is 9.94. The second kappa shape index (κ2) is 10.4. The van der Waals surface area contributed by atoms with Crippen molar-refractivity contribution in [2.75, 3.05) is 13.7 Å². The van der Waals surface area contributed by atoms with Gasteiger partial charge in [-0.3, -0.25) is 19.1 Å². The van der Waals surface area contributed by atoms with Gasteiger partial charge in [0.25, 0.3) is 11.8 Å². The molecule has 0 saturated heterocycles. The molecule has 1 aromatic carbocycles. The summed E-state index contributed by atoms with van der Waals surface area (Å²) in [7, 11) is 1.57. The number of hydrogen-bond acceptors (Lipinski definition) is 5. The summed E-state index contributed by atoms with van der Waals surface area (Å²) in [6.45, 7) is 4.64. The number of rotatable bonds is 8. The molecule has 2 aliphatic rings. The molecular formula is C25H32BrN5O4. The van der Waals surface area contributed by atoms with E-state index in [-0.39, 0.29) is 36.6 Å². The monoisotopic (exact) mass is 545 g/mol. The van der Waals surface area contributed by atoms with E-state index >= 15 is 0 Å². The van der Waals surface area contributed by atoms with Gasteiger partial charge in [0.05, 0.1) is 13.7 Å². The highest BCUT2D eigenvalue weighted by atomic mass is 79.9. The number of amides is 3. The predicted molar refractivity (Wildman–Crippen MR) is 134 cm³/mol. The SMILES string of the molecule is CCCN1C(=O)c2cc(C(=O)NCc3cc(Br)ccc3OC)nn2C[C@@]1(C)C(=O)NC1CCCC1. The van der Waals surface area contributed by atoms with E-state index in [0.717, 1.165) is 35.7 Å². The van der Waals surface area contributed by atoms with Crippen molar-refractivity contribution in [3.63, 3.8) is 0 Å². The molecule has 4 rings (SSSR count). The summed E-state index contributed by atoms with van der Waals surface area (Å²) in [6.07, 6.45) is 4.85. The van der Waals surface area contributed by atoms with Crippen LogP contribution in [0.5, 0.6) is 5.75 Å². The predicted octanol–water partition coefficient (Wildman–Crippen LogP) is 3.27. The van der Waals surface area contributed by atoms with Crippen molar-refractivity contribution in [2.24, 2.45) is 0 Å². The highest BCUT2D eigenvalue weighted by molar-refractivity contribution is 9.10. The van der Waals surface area contributed by atoms with E-state index in [2.05, 4.69) is 31.7 Å². The first-order chi connectivity index (χ1) is 16.8. The molecule has 188 valence electrons. The first-order valence-corrected chi connectivity index (χ1v) is 12.9. The van der Waals surface area contributed by atoms with Crippen LogP contribution < -0.4 is 15.4 Å². The molecule has 10 heteroatoms. The summed E-state index contributed by atoms with van der Waals surface area (Å²) in [5, 5.41) is 10.4. The number of nitrogens with zero attached hydrogens (tertiary/aromatic N) is 3. The number of ether oxygens (including phenoxy) is 1. The summed E-state index contributed by atoms with van der Waals surface area (Å²) in [5.41, 5.74) is 0.182. The Kier molecular flexibility index (Phi) is 7.49. The van der Waals surface area contributed by atoms with Gasteiger partial charge in [0, 0.05) is 35.2 Å². The molecule has 9 nitrogen and oxygen atoms in total. The fourth-order valence-electron chi connectivity index (χ4n) is 4.89. The highest BCUT2D eigenvalue weighted by Crippen LogP contribution is 2.29. The molecule has 0 spiro atoms. The van der Waals surface area contributed by atoms with Crippen LogP contribution in [0.25, 0.3) is 0 Å². The summed E-state index contributed by atoms with van der Waals surface area (Å²) in [4.78, 5) is 41.3. The van der Waals surface area contributed by atoms with Gasteiger partial charge in [-0.15, -0.1) is 0 Å². The number of nitrogens with one attached hydrogen (secondary N) is 2. The number of halogens is 1. The molecule has 0 radical (unpaired) electrons. The van der Waals surface area contributed by atoms with Crippen molar-refractivity contribution in [3.05, 3.63) is 45.7 Å². The minimum Gasteiger partial charge on any atom is -0.496 e. The Hall–Kier alpha value is -2.88. The third-order valence-corrected chi connectivity index (χ3v) is 7.33. The molecule has 2 aromatic rings. The zero-order valence-corrected chi connectivity index (χ0v) is 22.0. The average molecular weight is 546 g/mol. The smallest absolute Gasteiger partial charge is 0.273 e. The third-order valence-electron chi connectivity index (χ3n) is 6.84. The number of carbonyl (C=O) groups is 3. The van der Waals surface area contributed by atoms with Crippen LogP contribution in [0.15, 0.2) is 28.7 Å². The van der Waals surface area contributed by atoms with Crippen molar-refractivity contribution in [1.29, 1.82) is 0 Å². The minimum atomic E-state index is -1.08. The van der Waals surface area contributed by atoms with Gasteiger partial charge in [0.1, 0.15) is 17.0 Å². The molecule has 1 fully saturated rings. The Morgan fingerprint density at radius 3 is 2.69 bits per heavy atom. The Balaban J connectivity index is 1.54. The molecule has 35 heavy (non-hydrogen) atoms. The highest BCUT2D eigenvalue weighted by Gasteiger charge is 2.48. The Bertz CT molecular complexity index is 1130. The van der Waals surface area contributed by atoms with Crippen LogP contribution in [-0.4, -0.2) is 57.6 Å². The lowest BCUT2D eigenvalue weighted by molar-refractivity contribution is -0.133. The second-order valence-corrected chi connectivity index (χ2v) is 10.3. The molecule has 2 N–H and O–H groups in total. The number of hydrogen-bond donors (Lipinski definition) is 2. The van der Waals surface area contributed by atoms with Gasteiger partial charge in [-0.05, 0) is 44.4 Å². The van der Waals surface area contributed by atoms with E-state index < -0.39 is 11.4 Å². The Labute approximate surface area is 213 Å². The van der Waals surface area contributed by atoms with Gasteiger partial charge in [-0.25, -0.2) is 0 Å². The van der Waals surface area contributed by atoms with Crippen LogP contribution in [0.1, 0.15) is 72.5 Å². The zero-order valence-electron chi connectivity index (χ0n) is 20.4. The first-order valence-electron chi connectivity index (χ1n) is 12.1. The van der Waals surface area contributed by atoms with Gasteiger partial charge in [0.2, 0.25) is 5.91 Å². The van der Waals surface area contributed by atoms with Crippen LogP contribution in [0, 0.1) is 0 Å². The minimum absolute atomic E-state index is 0.138. The van der Waals surface area contributed by atoms with Gasteiger partial charge in [-0.2, -0.15) is 5.10 Å². The van der Waals surface area contributed by atoms with E-state index in [1.54, 1.807) is 18.9 Å². The van der Waals surface area contributed by atoms with Crippen LogP contribution in [-0.2, 0) is 17.9 Å². The maximum atomic E-state index is 13.4. The van der Waals surface area contributed by atoms with Gasteiger partial charge < -0.3 is 20.3 Å². The van der Waals surface area contributed by atoms with E-state index in [4.69, 9.17) is 4.74 Å². The second-order valence-electron chi connectivity index (χ2n) is 9.40. The molecule has 1 aromatic heterocycles. The van der Waals surface area contributed by atoms with Crippen LogP contribution in [0.4, 0.5) is 0 Å². The molecule has 1 saturated carbocycles.